The first-order valence-electron chi connectivity index (χ1n) is 12.8. The van der Waals surface area contributed by atoms with Gasteiger partial charge in [-0.2, -0.15) is 0 Å². The number of quaternary nitrogens is 1. The van der Waals surface area contributed by atoms with Crippen LogP contribution in [0.2, 0.25) is 0 Å². The number of likely N-dealkylation sites (N-methyl/N-ethyl adjacent to an activating group) is 1. The third-order valence-electron chi connectivity index (χ3n) is 5.61. The summed E-state index contributed by atoms with van der Waals surface area (Å²) in [7, 11) is 0.896. The molecule has 33 heavy (non-hydrogen) atoms. The fourth-order valence-corrected chi connectivity index (χ4v) is 4.91. The van der Waals surface area contributed by atoms with Crippen molar-refractivity contribution in [2.45, 2.75) is 116 Å². The number of phosphoric ester groups is 1. The molecule has 198 valence electrons. The lowest BCUT2D eigenvalue weighted by Gasteiger charge is -2.34. The topological polar surface area (TPSA) is 116 Å². The molecule has 0 aliphatic rings. The number of hydrogen-bond acceptors (Lipinski definition) is 7. The Kier molecular flexibility index (Phi) is 17.8. The van der Waals surface area contributed by atoms with Crippen LogP contribution in [-0.2, 0) is 18.4 Å². The van der Waals surface area contributed by atoms with Crippen molar-refractivity contribution < 1.29 is 38.0 Å². The van der Waals surface area contributed by atoms with Gasteiger partial charge in [-0.3, -0.25) is 9.36 Å². The fraction of sp³-hybridized carbons (Fsp3) is 0.958. The smallest absolute Gasteiger partial charge is 0.269 e. The number of aliphatic hydroxyl groups is 2. The summed E-state index contributed by atoms with van der Waals surface area (Å²) in [5.41, 5.74) is 0. The minimum Gasteiger partial charge on any atom is -0.756 e. The van der Waals surface area contributed by atoms with E-state index in [2.05, 4.69) is 6.92 Å². The molecule has 0 aliphatic heterocycles. The summed E-state index contributed by atoms with van der Waals surface area (Å²) in [6.45, 7) is 3.68. The van der Waals surface area contributed by atoms with Gasteiger partial charge in [0.05, 0.1) is 27.7 Å². The van der Waals surface area contributed by atoms with E-state index in [1.54, 1.807) is 6.92 Å². The molecule has 0 amide bonds. The van der Waals surface area contributed by atoms with Gasteiger partial charge >= 0.3 is 0 Å². The van der Waals surface area contributed by atoms with Crippen molar-refractivity contribution >= 4 is 13.6 Å². The van der Waals surface area contributed by atoms with E-state index >= 15 is 0 Å². The molecule has 0 radical (unpaired) electrons. The molecule has 0 saturated carbocycles. The average Bonchev–Trinajstić information content (AvgIpc) is 2.73. The Hall–Kier alpha value is -0.340. The van der Waals surface area contributed by atoms with E-state index < -0.39 is 38.5 Å². The molecule has 8 nitrogen and oxygen atoms in total. The molecule has 0 saturated heterocycles. The minimum atomic E-state index is -4.85. The van der Waals surface area contributed by atoms with Gasteiger partial charge in [0.15, 0.2) is 11.9 Å². The Morgan fingerprint density at radius 1 is 0.909 bits per heavy atom. The van der Waals surface area contributed by atoms with Crippen molar-refractivity contribution in [2.75, 3.05) is 34.3 Å². The highest BCUT2D eigenvalue weighted by Crippen LogP contribution is 2.43. The summed E-state index contributed by atoms with van der Waals surface area (Å²) in [5, 5.41) is 19.3. The van der Waals surface area contributed by atoms with Crippen LogP contribution in [0, 0.1) is 0 Å². The maximum Gasteiger partial charge on any atom is 0.269 e. The predicted molar refractivity (Wildman–Crippen MR) is 130 cm³/mol. The van der Waals surface area contributed by atoms with Crippen molar-refractivity contribution in [2.24, 2.45) is 0 Å². The largest absolute Gasteiger partial charge is 0.756 e. The number of aliphatic hydroxyl groups excluding tert-OH is 2. The Bertz CT molecular complexity index is 553. The molecular weight excluding hydrogens is 445 g/mol. The van der Waals surface area contributed by atoms with Crippen molar-refractivity contribution in [1.29, 1.82) is 0 Å². The van der Waals surface area contributed by atoms with Crippen molar-refractivity contribution in [3.8, 4) is 0 Å². The molecule has 3 unspecified atom stereocenters. The standard InChI is InChI=1S/C24H50NO7P/c1-6-8-9-10-11-12-13-14-15-16-17-18-22(27)24(23(28)20-26)32-33(29,30)31-21(7-2)19-25(3,4)5/h21,23-24,26,28H,6-20H2,1-5H3/t21?,23-,24?/m0/s1. The van der Waals surface area contributed by atoms with Gasteiger partial charge in [0.1, 0.15) is 18.8 Å². The van der Waals surface area contributed by atoms with Crippen LogP contribution in [0.15, 0.2) is 0 Å². The Morgan fingerprint density at radius 2 is 1.39 bits per heavy atom. The highest BCUT2D eigenvalue weighted by molar-refractivity contribution is 7.45. The lowest BCUT2D eigenvalue weighted by atomic mass is 10.0. The number of phosphoric acid groups is 1. The minimum absolute atomic E-state index is 0.0921. The van der Waals surface area contributed by atoms with Gasteiger partial charge in [-0.05, 0) is 12.8 Å². The number of rotatable bonds is 22. The molecule has 0 aliphatic carbocycles. The summed E-state index contributed by atoms with van der Waals surface area (Å²) in [4.78, 5) is 25.0. The Labute approximate surface area is 201 Å². The molecule has 2 N–H and O–H groups in total. The maximum atomic E-state index is 12.6. The van der Waals surface area contributed by atoms with Crippen LogP contribution < -0.4 is 4.89 Å². The third-order valence-corrected chi connectivity index (χ3v) is 6.65. The van der Waals surface area contributed by atoms with Crippen LogP contribution in [0.1, 0.15) is 97.3 Å². The molecular formula is C24H50NO7P. The molecule has 0 fully saturated rings. The van der Waals surface area contributed by atoms with Crippen molar-refractivity contribution in [3.63, 3.8) is 0 Å². The summed E-state index contributed by atoms with van der Waals surface area (Å²) < 4.78 is 23.0. The first-order valence-corrected chi connectivity index (χ1v) is 14.2. The number of nitrogens with zero attached hydrogens (tertiary/aromatic N) is 1. The second-order valence-corrected chi connectivity index (χ2v) is 11.4. The van der Waals surface area contributed by atoms with Crippen LogP contribution in [0.3, 0.4) is 0 Å². The van der Waals surface area contributed by atoms with Gasteiger partial charge < -0.3 is 28.6 Å². The van der Waals surface area contributed by atoms with Crippen LogP contribution in [0.5, 0.6) is 0 Å². The number of hydrogen-bond donors (Lipinski definition) is 2. The van der Waals surface area contributed by atoms with Gasteiger partial charge in [0.25, 0.3) is 7.82 Å². The zero-order valence-corrected chi connectivity index (χ0v) is 22.6. The predicted octanol–water partition coefficient (Wildman–Crippen LogP) is 3.96. The zero-order valence-electron chi connectivity index (χ0n) is 21.7. The van der Waals surface area contributed by atoms with Crippen molar-refractivity contribution in [1.82, 2.24) is 0 Å². The Balaban J connectivity index is 4.45. The number of carbonyl (C=O) groups is 1. The van der Waals surface area contributed by atoms with Gasteiger partial charge in [-0.15, -0.1) is 0 Å². The number of carbonyl (C=O) groups excluding carboxylic acids is 1. The molecule has 0 aromatic carbocycles. The summed E-state index contributed by atoms with van der Waals surface area (Å²) in [6, 6.07) is 0. The summed E-state index contributed by atoms with van der Waals surface area (Å²) in [5.74, 6) is -0.535. The molecule has 0 heterocycles. The van der Waals surface area contributed by atoms with Crippen LogP contribution in [-0.4, -0.2) is 73.1 Å². The quantitative estimate of drug-likeness (QED) is 0.133. The molecule has 4 atom stereocenters. The molecule has 0 rings (SSSR count). The first-order chi connectivity index (χ1) is 15.5. The van der Waals surface area contributed by atoms with E-state index in [0.29, 0.717) is 23.9 Å². The zero-order chi connectivity index (χ0) is 25.3. The van der Waals surface area contributed by atoms with Crippen LogP contribution in [0.4, 0.5) is 0 Å². The normalized spacial score (nSPS) is 16.8. The van der Waals surface area contributed by atoms with E-state index in [1.807, 2.05) is 21.1 Å². The maximum absolute atomic E-state index is 12.6. The van der Waals surface area contributed by atoms with Crippen LogP contribution >= 0.6 is 7.82 Å². The molecule has 0 aromatic rings. The number of ketones is 1. The Morgan fingerprint density at radius 3 is 1.82 bits per heavy atom. The lowest BCUT2D eigenvalue weighted by Crippen LogP contribution is -2.43. The molecule has 9 heteroatoms. The second kappa shape index (κ2) is 18.0. The van der Waals surface area contributed by atoms with Crippen LogP contribution in [0.25, 0.3) is 0 Å². The average molecular weight is 496 g/mol. The van der Waals surface area contributed by atoms with E-state index in [0.717, 1.165) is 19.3 Å². The third kappa shape index (κ3) is 17.7. The summed E-state index contributed by atoms with van der Waals surface area (Å²) >= 11 is 0. The lowest BCUT2D eigenvalue weighted by molar-refractivity contribution is -0.873. The van der Waals surface area contributed by atoms with Gasteiger partial charge in [0.2, 0.25) is 0 Å². The van der Waals surface area contributed by atoms with Gasteiger partial charge in [0, 0.05) is 6.42 Å². The van der Waals surface area contributed by atoms with E-state index in [-0.39, 0.29) is 6.42 Å². The van der Waals surface area contributed by atoms with Crippen molar-refractivity contribution in [3.05, 3.63) is 0 Å². The van der Waals surface area contributed by atoms with E-state index in [1.165, 1.54) is 44.9 Å². The molecule has 0 bridgehead atoms. The highest BCUT2D eigenvalue weighted by Gasteiger charge is 2.33. The summed E-state index contributed by atoms with van der Waals surface area (Å²) in [6.07, 6.45) is 9.16. The first kappa shape index (κ1) is 32.7. The molecule has 0 spiro atoms. The molecule has 0 aromatic heterocycles. The second-order valence-electron chi connectivity index (χ2n) is 10.1. The van der Waals surface area contributed by atoms with E-state index in [9.17, 15) is 24.5 Å². The monoisotopic (exact) mass is 495 g/mol. The fourth-order valence-electron chi connectivity index (χ4n) is 3.74. The SMILES string of the molecule is CCCCCCCCCCCCCC(=O)C(OP(=O)([O-])OC(CC)C[N+](C)(C)C)[C@@H](O)CO. The number of unbranched alkanes of at least 4 members (excludes halogenated alkanes) is 10. The van der Waals surface area contributed by atoms with E-state index in [4.69, 9.17) is 9.05 Å². The number of Topliss-reactive ketones (excluding diaryl/α,β-unsaturated/α-hetero) is 1. The van der Waals surface area contributed by atoms with Gasteiger partial charge in [-0.25, -0.2) is 0 Å². The van der Waals surface area contributed by atoms with Gasteiger partial charge in [-0.1, -0.05) is 78.1 Å². The highest BCUT2D eigenvalue weighted by atomic mass is 31.2.